The first-order valence-corrected chi connectivity index (χ1v) is 7.88. The van der Waals surface area contributed by atoms with Crippen LogP contribution in [0.5, 0.6) is 0 Å². The third kappa shape index (κ3) is 4.39. The second-order valence-electron chi connectivity index (χ2n) is 4.74. The van der Waals surface area contributed by atoms with E-state index in [0.29, 0.717) is 6.42 Å². The van der Waals surface area contributed by atoms with Crippen molar-refractivity contribution in [3.63, 3.8) is 0 Å². The van der Waals surface area contributed by atoms with E-state index >= 15 is 0 Å². The van der Waals surface area contributed by atoms with E-state index in [2.05, 4.69) is 5.32 Å². The molecule has 1 rings (SSSR count). The molecule has 0 radical (unpaired) electrons. The molecule has 1 saturated carbocycles. The molecule has 0 amide bonds. The lowest BCUT2D eigenvalue weighted by Crippen LogP contribution is -2.35. The highest BCUT2D eigenvalue weighted by Crippen LogP contribution is 2.26. The van der Waals surface area contributed by atoms with Crippen molar-refractivity contribution >= 4 is 9.84 Å². The van der Waals surface area contributed by atoms with Crippen LogP contribution in [0.4, 0.5) is 0 Å². The van der Waals surface area contributed by atoms with Crippen LogP contribution >= 0.6 is 0 Å². The van der Waals surface area contributed by atoms with Crippen LogP contribution in [0, 0.1) is 0 Å². The molecule has 0 bridgehead atoms. The molecule has 0 aromatic rings. The van der Waals surface area contributed by atoms with Gasteiger partial charge in [0.15, 0.2) is 0 Å². The molecule has 1 aliphatic rings. The maximum absolute atomic E-state index is 11.5. The Morgan fingerprint density at radius 2 is 2.12 bits per heavy atom. The standard InChI is InChI=1S/C11H23NO3S/c1-9(8-12-2)15-10-5-4-6-11(7-10)16(3,13)14/h9-12H,4-8H2,1-3H3. The van der Waals surface area contributed by atoms with E-state index in [1.807, 2.05) is 14.0 Å². The Kier molecular flexibility index (Phi) is 5.21. The highest BCUT2D eigenvalue weighted by Gasteiger charge is 2.29. The van der Waals surface area contributed by atoms with Crippen LogP contribution in [-0.2, 0) is 14.6 Å². The molecule has 0 aromatic heterocycles. The minimum absolute atomic E-state index is 0.108. The minimum Gasteiger partial charge on any atom is -0.374 e. The SMILES string of the molecule is CNCC(C)OC1CCCC(S(C)(=O)=O)C1. The number of likely N-dealkylation sites (N-methyl/N-ethyl adjacent to an activating group) is 1. The van der Waals surface area contributed by atoms with Crippen molar-refractivity contribution in [3.8, 4) is 0 Å². The van der Waals surface area contributed by atoms with E-state index in [1.165, 1.54) is 6.26 Å². The minimum atomic E-state index is -2.90. The van der Waals surface area contributed by atoms with Gasteiger partial charge in [0.05, 0.1) is 17.5 Å². The van der Waals surface area contributed by atoms with Gasteiger partial charge in [0.25, 0.3) is 0 Å². The molecule has 0 aromatic carbocycles. The molecule has 0 aliphatic heterocycles. The first-order valence-electron chi connectivity index (χ1n) is 5.92. The van der Waals surface area contributed by atoms with E-state index in [4.69, 9.17) is 4.74 Å². The predicted molar refractivity (Wildman–Crippen MR) is 65.4 cm³/mol. The van der Waals surface area contributed by atoms with Crippen molar-refractivity contribution in [2.75, 3.05) is 19.8 Å². The second-order valence-corrected chi connectivity index (χ2v) is 7.07. The lowest BCUT2D eigenvalue weighted by atomic mass is 9.97. The summed E-state index contributed by atoms with van der Waals surface area (Å²) >= 11 is 0. The smallest absolute Gasteiger partial charge is 0.150 e. The van der Waals surface area contributed by atoms with Crippen molar-refractivity contribution in [1.82, 2.24) is 5.32 Å². The maximum atomic E-state index is 11.5. The van der Waals surface area contributed by atoms with Gasteiger partial charge in [-0.05, 0) is 39.7 Å². The zero-order valence-electron chi connectivity index (χ0n) is 10.4. The predicted octanol–water partition coefficient (Wildman–Crippen LogP) is 0.967. The summed E-state index contributed by atoms with van der Waals surface area (Å²) in [6.07, 6.45) is 4.97. The Morgan fingerprint density at radius 1 is 1.44 bits per heavy atom. The summed E-state index contributed by atoms with van der Waals surface area (Å²) in [5.74, 6) is 0. The summed E-state index contributed by atoms with van der Waals surface area (Å²) in [5.41, 5.74) is 0. The fourth-order valence-electron chi connectivity index (χ4n) is 2.28. The molecule has 3 unspecified atom stereocenters. The summed E-state index contributed by atoms with van der Waals surface area (Å²) in [5, 5.41) is 2.85. The van der Waals surface area contributed by atoms with Crippen LogP contribution in [0.1, 0.15) is 32.6 Å². The summed E-state index contributed by atoms with van der Waals surface area (Å²) in [6, 6.07) is 0. The molecule has 0 heterocycles. The van der Waals surface area contributed by atoms with Gasteiger partial charge in [-0.3, -0.25) is 0 Å². The van der Waals surface area contributed by atoms with E-state index in [1.54, 1.807) is 0 Å². The van der Waals surface area contributed by atoms with E-state index in [-0.39, 0.29) is 17.5 Å². The van der Waals surface area contributed by atoms with Crippen molar-refractivity contribution in [2.45, 2.75) is 50.1 Å². The van der Waals surface area contributed by atoms with Crippen molar-refractivity contribution < 1.29 is 13.2 Å². The number of hydrogen-bond acceptors (Lipinski definition) is 4. The fourth-order valence-corrected chi connectivity index (χ4v) is 3.44. The number of rotatable bonds is 5. The Morgan fingerprint density at radius 3 is 2.69 bits per heavy atom. The summed E-state index contributed by atoms with van der Waals surface area (Å²) in [4.78, 5) is 0. The Balaban J connectivity index is 2.45. The number of hydrogen-bond donors (Lipinski definition) is 1. The van der Waals surface area contributed by atoms with E-state index in [0.717, 1.165) is 25.8 Å². The fraction of sp³-hybridized carbons (Fsp3) is 1.00. The molecule has 0 saturated heterocycles. The van der Waals surface area contributed by atoms with Gasteiger partial charge in [-0.15, -0.1) is 0 Å². The Hall–Kier alpha value is -0.130. The number of ether oxygens (including phenoxy) is 1. The first-order chi connectivity index (χ1) is 7.43. The monoisotopic (exact) mass is 249 g/mol. The average Bonchev–Trinajstić information content (AvgIpc) is 2.17. The largest absolute Gasteiger partial charge is 0.374 e. The van der Waals surface area contributed by atoms with Crippen LogP contribution in [0.3, 0.4) is 0 Å². The Bertz CT molecular complexity index is 302. The summed E-state index contributed by atoms with van der Waals surface area (Å²) < 4.78 is 28.8. The second kappa shape index (κ2) is 5.98. The molecule has 1 N–H and O–H groups in total. The van der Waals surface area contributed by atoms with Gasteiger partial charge in [0.1, 0.15) is 9.84 Å². The zero-order valence-corrected chi connectivity index (χ0v) is 11.2. The van der Waals surface area contributed by atoms with Crippen LogP contribution in [0.2, 0.25) is 0 Å². The topological polar surface area (TPSA) is 55.4 Å². The van der Waals surface area contributed by atoms with Crippen molar-refractivity contribution in [2.24, 2.45) is 0 Å². The lowest BCUT2D eigenvalue weighted by molar-refractivity contribution is -0.0182. The highest BCUT2D eigenvalue weighted by molar-refractivity contribution is 7.91. The van der Waals surface area contributed by atoms with Crippen LogP contribution in [0.15, 0.2) is 0 Å². The number of nitrogens with one attached hydrogen (secondary N) is 1. The molecule has 1 fully saturated rings. The zero-order chi connectivity index (χ0) is 12.2. The molecule has 0 spiro atoms. The third-order valence-corrected chi connectivity index (χ3v) is 4.74. The van der Waals surface area contributed by atoms with Gasteiger partial charge >= 0.3 is 0 Å². The molecule has 4 nitrogen and oxygen atoms in total. The average molecular weight is 249 g/mol. The van der Waals surface area contributed by atoms with Crippen molar-refractivity contribution in [1.29, 1.82) is 0 Å². The molecule has 3 atom stereocenters. The molecule has 96 valence electrons. The summed E-state index contributed by atoms with van der Waals surface area (Å²) in [6.45, 7) is 2.82. The first kappa shape index (κ1) is 13.9. The van der Waals surface area contributed by atoms with Gasteiger partial charge < -0.3 is 10.1 Å². The van der Waals surface area contributed by atoms with Crippen LogP contribution in [0.25, 0.3) is 0 Å². The van der Waals surface area contributed by atoms with Gasteiger partial charge in [-0.2, -0.15) is 0 Å². The molecule has 16 heavy (non-hydrogen) atoms. The van der Waals surface area contributed by atoms with Gasteiger partial charge in [-0.25, -0.2) is 8.42 Å². The third-order valence-electron chi connectivity index (χ3n) is 3.10. The van der Waals surface area contributed by atoms with Crippen molar-refractivity contribution in [3.05, 3.63) is 0 Å². The van der Waals surface area contributed by atoms with Crippen LogP contribution < -0.4 is 5.32 Å². The normalized spacial score (nSPS) is 28.9. The summed E-state index contributed by atoms with van der Waals surface area (Å²) in [7, 11) is -1.01. The maximum Gasteiger partial charge on any atom is 0.150 e. The van der Waals surface area contributed by atoms with Gasteiger partial charge in [-0.1, -0.05) is 0 Å². The van der Waals surface area contributed by atoms with E-state index in [9.17, 15) is 8.42 Å². The molecular formula is C11H23NO3S. The quantitative estimate of drug-likeness (QED) is 0.789. The highest BCUT2D eigenvalue weighted by atomic mass is 32.2. The van der Waals surface area contributed by atoms with Gasteiger partial charge in [0.2, 0.25) is 0 Å². The van der Waals surface area contributed by atoms with E-state index < -0.39 is 9.84 Å². The van der Waals surface area contributed by atoms with Crippen LogP contribution in [-0.4, -0.2) is 45.7 Å². The molecule has 1 aliphatic carbocycles. The van der Waals surface area contributed by atoms with Gasteiger partial charge in [0, 0.05) is 12.8 Å². The molecule has 5 heteroatoms. The lowest BCUT2D eigenvalue weighted by Gasteiger charge is -2.30. The number of sulfone groups is 1. The molecular weight excluding hydrogens is 226 g/mol. The Labute approximate surface area is 98.7 Å².